The number of hydrogen-bond acceptors (Lipinski definition) is 4. The first-order valence-electron chi connectivity index (χ1n) is 2.10. The van der Waals surface area contributed by atoms with Crippen molar-refractivity contribution >= 4 is 0 Å². The Morgan fingerprint density at radius 3 is 2.11 bits per heavy atom. The van der Waals surface area contributed by atoms with Crippen LogP contribution in [0.15, 0.2) is 0 Å². The van der Waals surface area contributed by atoms with Crippen molar-refractivity contribution < 1.29 is 46.1 Å². The Hall–Kier alpha value is 0.320. The Balaban J connectivity index is -0.000000245. The van der Waals surface area contributed by atoms with E-state index in [1.165, 1.54) is 6.92 Å². The summed E-state index contributed by atoms with van der Waals surface area (Å²) in [7, 11) is 0. The number of nitrogens with zero attached hydrogens (tertiary/aromatic N) is 1. The van der Waals surface area contributed by atoms with Gasteiger partial charge in [-0.2, -0.15) is 0 Å². The monoisotopic (exact) mass is 145 g/mol. The molecule has 9 heavy (non-hydrogen) atoms. The molecule has 0 aliphatic carbocycles. The topological polar surface area (TPSA) is 83.6 Å². The van der Waals surface area contributed by atoms with Gasteiger partial charge in [0.05, 0.1) is 11.3 Å². The van der Waals surface area contributed by atoms with Crippen molar-refractivity contribution in [2.45, 2.75) is 19.3 Å². The van der Waals surface area contributed by atoms with Crippen molar-refractivity contribution in [2.24, 2.45) is 0 Å². The molecule has 0 bridgehead atoms. The van der Waals surface area contributed by atoms with E-state index in [2.05, 4.69) is 0 Å². The smallest absolute Gasteiger partial charge is 1.00 e. The van der Waals surface area contributed by atoms with E-state index in [1.807, 2.05) is 0 Å². The van der Waals surface area contributed by atoms with Crippen LogP contribution in [0.2, 0.25) is 0 Å². The molecule has 50 valence electrons. The zero-order chi connectivity index (χ0) is 6.78. The quantitative estimate of drug-likeness (QED) is 0.182. The molecule has 5 nitrogen and oxygen atoms in total. The van der Waals surface area contributed by atoms with Crippen LogP contribution in [0.3, 0.4) is 0 Å². The van der Waals surface area contributed by atoms with Crippen molar-refractivity contribution in [3.05, 3.63) is 10.1 Å². The van der Waals surface area contributed by atoms with Gasteiger partial charge in [-0.1, -0.05) is 6.92 Å². The summed E-state index contributed by atoms with van der Waals surface area (Å²) in [5.74, 6) is -2.74. The summed E-state index contributed by atoms with van der Waals surface area (Å²) < 4.78 is 0. The molecule has 0 aliphatic heterocycles. The van der Waals surface area contributed by atoms with Gasteiger partial charge in [-0.25, -0.2) is 0 Å². The summed E-state index contributed by atoms with van der Waals surface area (Å²) in [5, 5.41) is 26.1. The van der Waals surface area contributed by atoms with Gasteiger partial charge < -0.3 is 11.6 Å². The molecule has 0 unspecified atom stereocenters. The van der Waals surface area contributed by atoms with Crippen molar-refractivity contribution in [1.29, 1.82) is 0 Å². The summed E-state index contributed by atoms with van der Waals surface area (Å²) in [6.07, 6.45) is -0.306. The van der Waals surface area contributed by atoms with Gasteiger partial charge in [-0.05, 0) is 0 Å². The van der Waals surface area contributed by atoms with Crippen LogP contribution in [0.5, 0.6) is 0 Å². The van der Waals surface area contributed by atoms with Crippen molar-refractivity contribution in [3.8, 4) is 0 Å². The molecule has 0 aromatic carbocycles. The van der Waals surface area contributed by atoms with Crippen LogP contribution < -0.4 is 29.6 Å². The van der Waals surface area contributed by atoms with Gasteiger partial charge in [0.25, 0.3) is 0 Å². The third-order valence-corrected chi connectivity index (χ3v) is 0.767. The Morgan fingerprint density at radius 1 is 1.78 bits per heavy atom. The fourth-order valence-corrected chi connectivity index (χ4v) is 0.129. The van der Waals surface area contributed by atoms with Gasteiger partial charge in [0.1, 0.15) is 0 Å². The number of aliphatic hydroxyl groups is 2. The molecule has 0 fully saturated rings. The van der Waals surface area contributed by atoms with Gasteiger partial charge in [0, 0.05) is 0 Å². The first-order chi connectivity index (χ1) is 3.50. The van der Waals surface area contributed by atoms with E-state index in [-0.39, 0.29) is 37.4 Å². The molecule has 0 spiro atoms. The summed E-state index contributed by atoms with van der Waals surface area (Å²) in [6, 6.07) is 0. The van der Waals surface area contributed by atoms with Gasteiger partial charge in [0.15, 0.2) is 0 Å². The van der Waals surface area contributed by atoms with Crippen LogP contribution in [-0.4, -0.2) is 21.0 Å². The number of rotatable bonds is 2. The molecule has 0 heterocycles. The fourth-order valence-electron chi connectivity index (χ4n) is 0.129. The minimum absolute atomic E-state index is 0. The molecular formula is C3H8NNaO4. The molecule has 2 N–H and O–H groups in total. The summed E-state index contributed by atoms with van der Waals surface area (Å²) in [4.78, 5) is 8.41. The summed E-state index contributed by atoms with van der Waals surface area (Å²) in [5.41, 5.74) is 0. The summed E-state index contributed by atoms with van der Waals surface area (Å²) >= 11 is 0. The second-order valence-electron chi connectivity index (χ2n) is 1.39. The molecule has 0 radical (unpaired) electrons. The standard InChI is InChI=1S/C3H7NO4.Na.H/c1-2-3(5,6)4(7)8;;/h5-6H,2H2,1H3;;/q;+1;-1. The van der Waals surface area contributed by atoms with Crippen LogP contribution in [0.1, 0.15) is 14.8 Å². The molecule has 0 aromatic heterocycles. The molecule has 0 atom stereocenters. The van der Waals surface area contributed by atoms with E-state index < -0.39 is 10.8 Å². The first kappa shape index (κ1) is 12.0. The Labute approximate surface area is 75.6 Å². The van der Waals surface area contributed by atoms with Gasteiger partial charge in [-0.3, -0.25) is 10.1 Å². The second-order valence-corrected chi connectivity index (χ2v) is 1.39. The Bertz CT molecular complexity index is 109. The first-order valence-corrected chi connectivity index (χ1v) is 2.10. The SMILES string of the molecule is CCC(O)(O)[N+](=O)[O-].[H-].[Na+]. The summed E-state index contributed by atoms with van der Waals surface area (Å²) in [6.45, 7) is 1.31. The fraction of sp³-hybridized carbons (Fsp3) is 1.00. The van der Waals surface area contributed by atoms with Crippen LogP contribution in [-0.2, 0) is 0 Å². The van der Waals surface area contributed by atoms with Crippen molar-refractivity contribution in [2.75, 3.05) is 0 Å². The molecule has 0 aromatic rings. The molecule has 6 heteroatoms. The second kappa shape index (κ2) is 4.19. The molecule has 0 saturated carbocycles. The van der Waals surface area contributed by atoms with Crippen molar-refractivity contribution in [3.63, 3.8) is 0 Å². The normalized spacial score (nSPS) is 10.1. The van der Waals surface area contributed by atoms with Gasteiger partial charge in [0.2, 0.25) is 0 Å². The molecular weight excluding hydrogens is 137 g/mol. The molecule has 0 saturated heterocycles. The number of hydrogen-bond donors (Lipinski definition) is 2. The zero-order valence-electron chi connectivity index (χ0n) is 6.37. The third-order valence-electron chi connectivity index (χ3n) is 0.767. The van der Waals surface area contributed by atoms with Crippen LogP contribution in [0.4, 0.5) is 0 Å². The van der Waals surface area contributed by atoms with E-state index in [9.17, 15) is 10.1 Å². The van der Waals surface area contributed by atoms with Gasteiger partial charge in [-0.15, -0.1) is 0 Å². The maximum Gasteiger partial charge on any atom is 1.00 e. The van der Waals surface area contributed by atoms with E-state index in [0.29, 0.717) is 0 Å². The largest absolute Gasteiger partial charge is 1.00 e. The minimum Gasteiger partial charge on any atom is -1.00 e. The molecule has 0 aliphatic rings. The molecule has 0 amide bonds. The van der Waals surface area contributed by atoms with Crippen LogP contribution in [0.25, 0.3) is 0 Å². The van der Waals surface area contributed by atoms with E-state index >= 15 is 0 Å². The molecule has 0 rings (SSSR count). The van der Waals surface area contributed by atoms with E-state index in [0.717, 1.165) is 0 Å². The number of nitro groups is 1. The van der Waals surface area contributed by atoms with Crippen LogP contribution >= 0.6 is 0 Å². The maximum atomic E-state index is 9.56. The predicted octanol–water partition coefficient (Wildman–Crippen LogP) is -3.57. The average molecular weight is 145 g/mol. The van der Waals surface area contributed by atoms with Crippen molar-refractivity contribution in [1.82, 2.24) is 0 Å². The minimum atomic E-state index is -2.74. The average Bonchev–Trinajstić information content (AvgIpc) is 1.67. The van der Waals surface area contributed by atoms with E-state index in [1.54, 1.807) is 0 Å². The van der Waals surface area contributed by atoms with Crippen LogP contribution in [0, 0.1) is 10.1 Å². The third kappa shape index (κ3) is 3.83. The van der Waals surface area contributed by atoms with Gasteiger partial charge >= 0.3 is 35.5 Å². The van der Waals surface area contributed by atoms with E-state index in [4.69, 9.17) is 10.2 Å². The maximum absolute atomic E-state index is 9.56. The Morgan fingerprint density at radius 2 is 2.11 bits per heavy atom. The zero-order valence-corrected chi connectivity index (χ0v) is 7.37. The Kier molecular flexibility index (Phi) is 5.60. The predicted molar refractivity (Wildman–Crippen MR) is 25.6 cm³/mol.